The first-order chi connectivity index (χ1) is 12.2. The van der Waals surface area contributed by atoms with Gasteiger partial charge in [-0.25, -0.2) is 4.98 Å². The van der Waals surface area contributed by atoms with Gasteiger partial charge in [0.1, 0.15) is 0 Å². The van der Waals surface area contributed by atoms with E-state index in [0.717, 1.165) is 55.9 Å². The van der Waals surface area contributed by atoms with Gasteiger partial charge in [0, 0.05) is 49.7 Å². The third-order valence-corrected chi connectivity index (χ3v) is 6.44. The van der Waals surface area contributed by atoms with Crippen LogP contribution in [0.4, 0.5) is 0 Å². The van der Waals surface area contributed by atoms with E-state index in [-0.39, 0.29) is 11.8 Å². The van der Waals surface area contributed by atoms with E-state index < -0.39 is 0 Å². The van der Waals surface area contributed by atoms with Gasteiger partial charge < -0.3 is 10.2 Å². The summed E-state index contributed by atoms with van der Waals surface area (Å²) in [6.07, 6.45) is 8.05. The molecule has 1 aromatic rings. The van der Waals surface area contributed by atoms with Crippen molar-refractivity contribution < 1.29 is 9.59 Å². The number of nitrogens with zero attached hydrogens (tertiary/aromatic N) is 2. The maximum atomic E-state index is 12.7. The fourth-order valence-corrected chi connectivity index (χ4v) is 4.87. The Morgan fingerprint density at radius 1 is 1.28 bits per heavy atom. The van der Waals surface area contributed by atoms with Gasteiger partial charge >= 0.3 is 0 Å². The number of carbonyl (C=O) groups excluding carboxylic acids is 2. The minimum atomic E-state index is 0.0869. The molecule has 0 spiro atoms. The molecule has 0 aromatic carbocycles. The molecule has 0 bridgehead atoms. The van der Waals surface area contributed by atoms with E-state index in [1.807, 2.05) is 6.92 Å². The second kappa shape index (κ2) is 8.79. The summed E-state index contributed by atoms with van der Waals surface area (Å²) in [5, 5.41) is 6.15. The van der Waals surface area contributed by atoms with Crippen molar-refractivity contribution in [3.63, 3.8) is 0 Å². The van der Waals surface area contributed by atoms with Crippen LogP contribution in [0, 0.1) is 5.92 Å². The topological polar surface area (TPSA) is 62.3 Å². The van der Waals surface area contributed by atoms with Gasteiger partial charge in [-0.05, 0) is 25.7 Å². The average Bonchev–Trinajstić information content (AvgIpc) is 3.33. The third kappa shape index (κ3) is 4.81. The van der Waals surface area contributed by atoms with Crippen LogP contribution in [0.15, 0.2) is 5.38 Å². The van der Waals surface area contributed by atoms with Gasteiger partial charge in [0.2, 0.25) is 11.8 Å². The van der Waals surface area contributed by atoms with Crippen LogP contribution < -0.4 is 5.32 Å². The lowest BCUT2D eigenvalue weighted by Crippen LogP contribution is -2.41. The molecule has 1 aromatic heterocycles. The average molecular weight is 364 g/mol. The standard InChI is InChI=1S/C19H29N3O2S/c1-2-17(23)20-10-9-16-13-25-18(21-16)15-8-5-11-22(12-15)19(24)14-6-3-4-7-14/h13-15H,2-12H2,1H3,(H,20,23)/t15-/m1/s1. The number of rotatable bonds is 6. The van der Waals surface area contributed by atoms with Crippen LogP contribution in [-0.4, -0.2) is 41.3 Å². The number of piperidine rings is 1. The summed E-state index contributed by atoms with van der Waals surface area (Å²) < 4.78 is 0. The van der Waals surface area contributed by atoms with Crippen LogP contribution in [0.2, 0.25) is 0 Å². The maximum absolute atomic E-state index is 12.7. The van der Waals surface area contributed by atoms with E-state index in [1.54, 1.807) is 11.3 Å². The summed E-state index contributed by atoms with van der Waals surface area (Å²) in [6, 6.07) is 0. The van der Waals surface area contributed by atoms with Crippen molar-refractivity contribution in [1.82, 2.24) is 15.2 Å². The van der Waals surface area contributed by atoms with Crippen molar-refractivity contribution in [2.75, 3.05) is 19.6 Å². The Balaban J connectivity index is 1.53. The molecule has 25 heavy (non-hydrogen) atoms. The van der Waals surface area contributed by atoms with Gasteiger partial charge in [0.25, 0.3) is 0 Å². The Bertz CT molecular complexity index is 595. The fraction of sp³-hybridized carbons (Fsp3) is 0.737. The molecule has 2 aliphatic rings. The number of amides is 2. The van der Waals surface area contributed by atoms with E-state index in [4.69, 9.17) is 4.98 Å². The Morgan fingerprint density at radius 2 is 2.08 bits per heavy atom. The fourth-order valence-electron chi connectivity index (χ4n) is 3.89. The number of hydrogen-bond donors (Lipinski definition) is 1. The number of carbonyl (C=O) groups is 2. The minimum Gasteiger partial charge on any atom is -0.356 e. The summed E-state index contributed by atoms with van der Waals surface area (Å²) >= 11 is 1.70. The number of nitrogens with one attached hydrogen (secondary N) is 1. The highest BCUT2D eigenvalue weighted by atomic mass is 32.1. The zero-order chi connectivity index (χ0) is 17.6. The van der Waals surface area contributed by atoms with Crippen molar-refractivity contribution in [1.29, 1.82) is 0 Å². The molecule has 1 saturated carbocycles. The number of hydrogen-bond acceptors (Lipinski definition) is 4. The second-order valence-corrected chi connectivity index (χ2v) is 8.13. The van der Waals surface area contributed by atoms with Gasteiger partial charge in [0.15, 0.2) is 0 Å². The highest BCUT2D eigenvalue weighted by Crippen LogP contribution is 2.32. The molecule has 6 heteroatoms. The van der Waals surface area contributed by atoms with E-state index >= 15 is 0 Å². The first-order valence-corrected chi connectivity index (χ1v) is 10.5. The zero-order valence-corrected chi connectivity index (χ0v) is 15.9. The second-order valence-electron chi connectivity index (χ2n) is 7.24. The first-order valence-electron chi connectivity index (χ1n) is 9.67. The molecule has 2 heterocycles. The smallest absolute Gasteiger partial charge is 0.225 e. The van der Waals surface area contributed by atoms with Gasteiger partial charge in [-0.15, -0.1) is 11.3 Å². The quantitative estimate of drug-likeness (QED) is 0.845. The summed E-state index contributed by atoms with van der Waals surface area (Å²) in [5.74, 6) is 1.11. The molecule has 1 aliphatic heterocycles. The molecule has 5 nitrogen and oxygen atoms in total. The predicted molar refractivity (Wildman–Crippen MR) is 99.6 cm³/mol. The molecular formula is C19H29N3O2S. The molecular weight excluding hydrogens is 334 g/mol. The van der Waals surface area contributed by atoms with Crippen molar-refractivity contribution >= 4 is 23.2 Å². The van der Waals surface area contributed by atoms with E-state index in [2.05, 4.69) is 15.6 Å². The SMILES string of the molecule is CCC(=O)NCCc1csc([C@@H]2CCCN(C(=O)C3CCCC3)C2)n1. The zero-order valence-electron chi connectivity index (χ0n) is 15.1. The Labute approximate surface area is 154 Å². The van der Waals surface area contributed by atoms with Gasteiger partial charge in [-0.2, -0.15) is 0 Å². The van der Waals surface area contributed by atoms with Gasteiger partial charge in [-0.1, -0.05) is 19.8 Å². The molecule has 3 rings (SSSR count). The number of likely N-dealkylation sites (tertiary alicyclic amines) is 1. The van der Waals surface area contributed by atoms with Crippen molar-refractivity contribution in [3.8, 4) is 0 Å². The Hall–Kier alpha value is -1.43. The van der Waals surface area contributed by atoms with Gasteiger partial charge in [-0.3, -0.25) is 9.59 Å². The molecule has 1 saturated heterocycles. The molecule has 0 unspecified atom stereocenters. The largest absolute Gasteiger partial charge is 0.356 e. The van der Waals surface area contributed by atoms with Crippen molar-refractivity contribution in [3.05, 3.63) is 16.1 Å². The molecule has 0 radical (unpaired) electrons. The van der Waals surface area contributed by atoms with Gasteiger partial charge in [0.05, 0.1) is 10.7 Å². The Kier molecular flexibility index (Phi) is 6.45. The molecule has 2 fully saturated rings. The van der Waals surface area contributed by atoms with Crippen LogP contribution >= 0.6 is 11.3 Å². The highest BCUT2D eigenvalue weighted by molar-refractivity contribution is 7.09. The molecule has 2 amide bonds. The van der Waals surface area contributed by atoms with Crippen LogP contribution in [0.25, 0.3) is 0 Å². The lowest BCUT2D eigenvalue weighted by Gasteiger charge is -2.33. The summed E-state index contributed by atoms with van der Waals surface area (Å²) in [4.78, 5) is 30.8. The van der Waals surface area contributed by atoms with Crippen molar-refractivity contribution in [2.24, 2.45) is 5.92 Å². The lowest BCUT2D eigenvalue weighted by atomic mass is 9.96. The van der Waals surface area contributed by atoms with Crippen molar-refractivity contribution in [2.45, 2.75) is 64.2 Å². The maximum Gasteiger partial charge on any atom is 0.225 e. The Morgan fingerprint density at radius 3 is 2.84 bits per heavy atom. The van der Waals surface area contributed by atoms with Crippen LogP contribution in [0.1, 0.15) is 68.5 Å². The number of aromatic nitrogens is 1. The van der Waals surface area contributed by atoms with Crippen LogP contribution in [0.3, 0.4) is 0 Å². The minimum absolute atomic E-state index is 0.0869. The first kappa shape index (κ1) is 18.4. The summed E-state index contributed by atoms with van der Waals surface area (Å²) in [5.41, 5.74) is 1.05. The predicted octanol–water partition coefficient (Wildman–Crippen LogP) is 3.11. The van der Waals surface area contributed by atoms with Crippen LogP contribution in [-0.2, 0) is 16.0 Å². The van der Waals surface area contributed by atoms with E-state index in [0.29, 0.717) is 24.8 Å². The summed E-state index contributed by atoms with van der Waals surface area (Å²) in [7, 11) is 0. The molecule has 138 valence electrons. The lowest BCUT2D eigenvalue weighted by molar-refractivity contribution is -0.136. The molecule has 1 N–H and O–H groups in total. The molecule has 1 atom stereocenters. The molecule has 1 aliphatic carbocycles. The number of thiazole rings is 1. The third-order valence-electron chi connectivity index (χ3n) is 5.38. The van der Waals surface area contributed by atoms with Crippen LogP contribution in [0.5, 0.6) is 0 Å². The monoisotopic (exact) mass is 363 g/mol. The van der Waals surface area contributed by atoms with E-state index in [9.17, 15) is 9.59 Å². The van der Waals surface area contributed by atoms with E-state index in [1.165, 1.54) is 12.8 Å². The normalized spacial score (nSPS) is 21.5. The highest BCUT2D eigenvalue weighted by Gasteiger charge is 2.31. The summed E-state index contributed by atoms with van der Waals surface area (Å²) in [6.45, 7) is 4.24.